The maximum Gasteiger partial charge on any atom is 0.523 e. The molecule has 0 spiro atoms. The highest BCUT2D eigenvalue weighted by atomic mass is 32.2. The van der Waals surface area contributed by atoms with Gasteiger partial charge < -0.3 is 9.47 Å². The summed E-state index contributed by atoms with van der Waals surface area (Å²) in [5.74, 6) is -0.582. The van der Waals surface area contributed by atoms with Crippen molar-refractivity contribution in [2.75, 3.05) is 14.2 Å². The fraction of sp³-hybridized carbons (Fsp3) is 0.500. The predicted molar refractivity (Wildman–Crippen MR) is 77.8 cm³/mol. The van der Waals surface area contributed by atoms with Gasteiger partial charge in [-0.1, -0.05) is 12.1 Å². The lowest BCUT2D eigenvalue weighted by Crippen LogP contribution is -2.34. The van der Waals surface area contributed by atoms with Gasteiger partial charge in [0.2, 0.25) is 0 Å². The summed E-state index contributed by atoms with van der Waals surface area (Å²) in [7, 11) is -3.46. The molecule has 1 aromatic carbocycles. The van der Waals surface area contributed by atoms with Gasteiger partial charge >= 0.3 is 21.6 Å². The van der Waals surface area contributed by atoms with Crippen LogP contribution in [-0.4, -0.2) is 40.2 Å². The molecule has 0 saturated carbocycles. The number of hydrogen-bond donors (Lipinski definition) is 0. The van der Waals surface area contributed by atoms with Gasteiger partial charge in [-0.05, 0) is 37.0 Å². The summed E-state index contributed by atoms with van der Waals surface area (Å²) < 4.78 is 72.4. The van der Waals surface area contributed by atoms with Crippen LogP contribution in [-0.2, 0) is 30.3 Å². The lowest BCUT2D eigenvalue weighted by Gasteiger charge is -2.16. The average molecular weight is 370 g/mol. The molecule has 0 fully saturated rings. The normalized spacial score (nSPS) is 13.4. The maximum atomic E-state index is 12.4. The predicted octanol–water partition coefficient (Wildman–Crippen LogP) is 2.43. The molecule has 1 aromatic rings. The number of carbonyl (C=O) groups is 1. The van der Waals surface area contributed by atoms with E-state index in [9.17, 15) is 26.4 Å². The standard InChI is InChI=1S/C14H17F3O6S/c1-21-11-7-3-5-10(9-11)6-4-8-12(13(18)22-2)23-24(19,20)14(15,16)17/h3,5,7,9,12H,4,6,8H2,1-2H3. The van der Waals surface area contributed by atoms with Crippen LogP contribution in [0.15, 0.2) is 24.3 Å². The molecular weight excluding hydrogens is 353 g/mol. The molecule has 0 aromatic heterocycles. The molecule has 1 rings (SSSR count). The fourth-order valence-corrected chi connectivity index (χ4v) is 2.45. The summed E-state index contributed by atoms with van der Waals surface area (Å²) in [5.41, 5.74) is -4.79. The molecule has 1 unspecified atom stereocenters. The van der Waals surface area contributed by atoms with Crippen molar-refractivity contribution in [2.45, 2.75) is 30.9 Å². The van der Waals surface area contributed by atoms with Crippen molar-refractivity contribution in [3.63, 3.8) is 0 Å². The Balaban J connectivity index is 2.72. The molecule has 1 atom stereocenters. The number of alkyl halides is 3. The van der Waals surface area contributed by atoms with Gasteiger partial charge in [0.05, 0.1) is 14.2 Å². The van der Waals surface area contributed by atoms with E-state index in [4.69, 9.17) is 4.74 Å². The van der Waals surface area contributed by atoms with E-state index in [0.717, 1.165) is 12.7 Å². The molecule has 0 heterocycles. The quantitative estimate of drug-likeness (QED) is 0.397. The van der Waals surface area contributed by atoms with Crippen LogP contribution in [0.4, 0.5) is 13.2 Å². The third-order valence-electron chi connectivity index (χ3n) is 3.06. The molecule has 136 valence electrons. The molecule has 0 radical (unpaired) electrons. The minimum absolute atomic E-state index is 0.209. The van der Waals surface area contributed by atoms with Crippen molar-refractivity contribution in [3.05, 3.63) is 29.8 Å². The molecule has 0 N–H and O–H groups in total. The summed E-state index contributed by atoms with van der Waals surface area (Å²) >= 11 is 0. The highest BCUT2D eigenvalue weighted by Crippen LogP contribution is 2.27. The second-order valence-electron chi connectivity index (χ2n) is 4.75. The Kier molecular flexibility index (Phi) is 7.03. The second kappa shape index (κ2) is 8.34. The molecule has 10 heteroatoms. The van der Waals surface area contributed by atoms with Gasteiger partial charge in [-0.25, -0.2) is 8.98 Å². The van der Waals surface area contributed by atoms with Crippen molar-refractivity contribution < 1.29 is 40.0 Å². The van der Waals surface area contributed by atoms with E-state index in [1.807, 2.05) is 0 Å². The number of rotatable bonds is 8. The van der Waals surface area contributed by atoms with Crippen LogP contribution in [0.1, 0.15) is 18.4 Å². The van der Waals surface area contributed by atoms with Crippen LogP contribution in [0.2, 0.25) is 0 Å². The third-order valence-corrected chi connectivity index (χ3v) is 4.11. The number of carbonyl (C=O) groups excluding carboxylic acids is 1. The Morgan fingerprint density at radius 2 is 1.92 bits per heavy atom. The first-order valence-corrected chi connectivity index (χ1v) is 8.22. The van der Waals surface area contributed by atoms with Crippen molar-refractivity contribution in [2.24, 2.45) is 0 Å². The van der Waals surface area contributed by atoms with Gasteiger partial charge in [0, 0.05) is 0 Å². The van der Waals surface area contributed by atoms with Gasteiger partial charge in [0.25, 0.3) is 0 Å². The van der Waals surface area contributed by atoms with E-state index < -0.39 is 27.7 Å². The van der Waals surface area contributed by atoms with Crippen LogP contribution in [0, 0.1) is 0 Å². The lowest BCUT2D eigenvalue weighted by atomic mass is 10.1. The SMILES string of the molecule is COC(=O)C(CCCc1cccc(OC)c1)OS(=O)(=O)C(F)(F)F. The first kappa shape index (κ1) is 20.2. The number of halogens is 3. The summed E-state index contributed by atoms with van der Waals surface area (Å²) in [5, 5.41) is 0. The molecule has 0 aliphatic heterocycles. The largest absolute Gasteiger partial charge is 0.523 e. The van der Waals surface area contributed by atoms with E-state index in [0.29, 0.717) is 12.2 Å². The monoisotopic (exact) mass is 370 g/mol. The van der Waals surface area contributed by atoms with E-state index in [2.05, 4.69) is 8.92 Å². The van der Waals surface area contributed by atoms with Gasteiger partial charge in [-0.2, -0.15) is 21.6 Å². The molecule has 0 saturated heterocycles. The van der Waals surface area contributed by atoms with Crippen LogP contribution in [0.3, 0.4) is 0 Å². The van der Waals surface area contributed by atoms with Gasteiger partial charge in [-0.15, -0.1) is 0 Å². The summed E-state index contributed by atoms with van der Waals surface area (Å²) in [6, 6.07) is 6.94. The highest BCUT2D eigenvalue weighted by molar-refractivity contribution is 7.87. The fourth-order valence-electron chi connectivity index (χ4n) is 1.86. The molecular formula is C14H17F3O6S. The van der Waals surface area contributed by atoms with Crippen molar-refractivity contribution in [1.82, 2.24) is 0 Å². The summed E-state index contributed by atoms with van der Waals surface area (Å²) in [6.07, 6.45) is -1.51. The van der Waals surface area contributed by atoms with Crippen LogP contribution >= 0.6 is 0 Å². The zero-order valence-corrected chi connectivity index (χ0v) is 13.8. The first-order valence-electron chi connectivity index (χ1n) is 6.81. The lowest BCUT2D eigenvalue weighted by molar-refractivity contribution is -0.149. The average Bonchev–Trinajstić information content (AvgIpc) is 2.52. The van der Waals surface area contributed by atoms with Crippen LogP contribution in [0.5, 0.6) is 5.75 Å². The number of aryl methyl sites for hydroxylation is 1. The van der Waals surface area contributed by atoms with Crippen molar-refractivity contribution in [1.29, 1.82) is 0 Å². The van der Waals surface area contributed by atoms with Gasteiger partial charge in [0.15, 0.2) is 6.10 Å². The van der Waals surface area contributed by atoms with Crippen molar-refractivity contribution in [3.8, 4) is 5.75 Å². The Bertz CT molecular complexity index is 657. The number of methoxy groups -OCH3 is 2. The Hall–Kier alpha value is -1.81. The highest BCUT2D eigenvalue weighted by Gasteiger charge is 2.49. The van der Waals surface area contributed by atoms with Crippen LogP contribution in [0.25, 0.3) is 0 Å². The van der Waals surface area contributed by atoms with Crippen LogP contribution < -0.4 is 4.74 Å². The van der Waals surface area contributed by atoms with Gasteiger partial charge in [0.1, 0.15) is 5.75 Å². The third kappa shape index (κ3) is 5.68. The Labute approximate surface area is 137 Å². The second-order valence-corrected chi connectivity index (χ2v) is 6.32. The number of benzene rings is 1. The number of esters is 1. The van der Waals surface area contributed by atoms with Gasteiger partial charge in [-0.3, -0.25) is 0 Å². The molecule has 0 amide bonds. The Morgan fingerprint density at radius 1 is 1.25 bits per heavy atom. The Morgan fingerprint density at radius 3 is 2.46 bits per heavy atom. The molecule has 24 heavy (non-hydrogen) atoms. The zero-order valence-electron chi connectivity index (χ0n) is 13.0. The topological polar surface area (TPSA) is 78.9 Å². The molecule has 0 aliphatic carbocycles. The summed E-state index contributed by atoms with van der Waals surface area (Å²) in [6.45, 7) is 0. The van der Waals surface area contributed by atoms with E-state index in [1.165, 1.54) is 7.11 Å². The number of hydrogen-bond acceptors (Lipinski definition) is 6. The smallest absolute Gasteiger partial charge is 0.497 e. The van der Waals surface area contributed by atoms with E-state index in [1.54, 1.807) is 24.3 Å². The maximum absolute atomic E-state index is 12.4. The van der Waals surface area contributed by atoms with E-state index >= 15 is 0 Å². The molecule has 6 nitrogen and oxygen atoms in total. The minimum Gasteiger partial charge on any atom is -0.497 e. The van der Waals surface area contributed by atoms with E-state index in [-0.39, 0.29) is 12.8 Å². The number of ether oxygens (including phenoxy) is 2. The molecule has 0 bridgehead atoms. The minimum atomic E-state index is -5.88. The first-order chi connectivity index (χ1) is 11.1. The van der Waals surface area contributed by atoms with Crippen molar-refractivity contribution >= 4 is 16.1 Å². The summed E-state index contributed by atoms with van der Waals surface area (Å²) in [4.78, 5) is 11.5. The zero-order chi connectivity index (χ0) is 18.4. The molecule has 0 aliphatic rings.